The second-order valence-corrected chi connectivity index (χ2v) is 6.93. The molecule has 0 saturated heterocycles. The van der Waals surface area contributed by atoms with Crippen LogP contribution in [0.15, 0.2) is 48.5 Å². The first-order valence-electron chi connectivity index (χ1n) is 8.78. The summed E-state index contributed by atoms with van der Waals surface area (Å²) in [7, 11) is 6.05. The van der Waals surface area contributed by atoms with E-state index in [-0.39, 0.29) is 17.7 Å². The third kappa shape index (κ3) is 5.17. The number of quaternary nitrogens is 1. The SMILES string of the molecule is CC(=O)c1ccc(NC(=O)[C@@H](C)[NH+](C)Cc2ccc(N(C)C)cc2)cc1. The van der Waals surface area contributed by atoms with Crippen molar-refractivity contribution in [2.75, 3.05) is 31.4 Å². The third-order valence-electron chi connectivity index (χ3n) is 4.63. The van der Waals surface area contributed by atoms with Gasteiger partial charge < -0.3 is 15.1 Å². The van der Waals surface area contributed by atoms with Crippen molar-refractivity contribution in [3.05, 3.63) is 59.7 Å². The number of carbonyl (C=O) groups is 2. The average molecular weight is 354 g/mol. The van der Waals surface area contributed by atoms with Gasteiger partial charge in [-0.25, -0.2) is 0 Å². The van der Waals surface area contributed by atoms with E-state index >= 15 is 0 Å². The van der Waals surface area contributed by atoms with E-state index in [9.17, 15) is 9.59 Å². The Morgan fingerprint density at radius 2 is 1.62 bits per heavy atom. The molecule has 0 aromatic heterocycles. The van der Waals surface area contributed by atoms with Crippen LogP contribution in [0.4, 0.5) is 11.4 Å². The molecule has 5 nitrogen and oxygen atoms in total. The third-order valence-corrected chi connectivity index (χ3v) is 4.63. The fourth-order valence-electron chi connectivity index (χ4n) is 2.65. The van der Waals surface area contributed by atoms with E-state index < -0.39 is 0 Å². The molecule has 2 N–H and O–H groups in total. The molecule has 2 aromatic rings. The van der Waals surface area contributed by atoms with Gasteiger partial charge in [-0.3, -0.25) is 9.59 Å². The summed E-state index contributed by atoms with van der Waals surface area (Å²) in [6, 6.07) is 15.2. The van der Waals surface area contributed by atoms with Gasteiger partial charge in [0, 0.05) is 36.6 Å². The Balaban J connectivity index is 1.94. The van der Waals surface area contributed by atoms with Crippen molar-refractivity contribution in [2.45, 2.75) is 26.4 Å². The molecule has 0 radical (unpaired) electrons. The van der Waals surface area contributed by atoms with Crippen LogP contribution in [0.1, 0.15) is 29.8 Å². The molecule has 0 aliphatic rings. The summed E-state index contributed by atoms with van der Waals surface area (Å²) in [6.45, 7) is 4.22. The molecular formula is C21H28N3O2+. The van der Waals surface area contributed by atoms with Crippen molar-refractivity contribution >= 4 is 23.1 Å². The number of likely N-dealkylation sites (N-methyl/N-ethyl adjacent to an activating group) is 1. The van der Waals surface area contributed by atoms with Crippen molar-refractivity contribution in [1.82, 2.24) is 0 Å². The fourth-order valence-corrected chi connectivity index (χ4v) is 2.65. The number of rotatable bonds is 7. The topological polar surface area (TPSA) is 53.9 Å². The van der Waals surface area contributed by atoms with Crippen molar-refractivity contribution in [1.29, 1.82) is 0 Å². The highest BCUT2D eigenvalue weighted by Crippen LogP contribution is 2.12. The second-order valence-electron chi connectivity index (χ2n) is 6.93. The molecule has 0 heterocycles. The average Bonchev–Trinajstić information content (AvgIpc) is 2.61. The maximum absolute atomic E-state index is 12.5. The van der Waals surface area contributed by atoms with Crippen LogP contribution in [-0.2, 0) is 11.3 Å². The van der Waals surface area contributed by atoms with E-state index in [0.717, 1.165) is 17.1 Å². The van der Waals surface area contributed by atoms with Gasteiger partial charge in [0.25, 0.3) is 5.91 Å². The van der Waals surface area contributed by atoms with Crippen LogP contribution in [0.2, 0.25) is 0 Å². The van der Waals surface area contributed by atoms with E-state index in [4.69, 9.17) is 0 Å². The minimum Gasteiger partial charge on any atom is -0.378 e. The molecule has 26 heavy (non-hydrogen) atoms. The summed E-state index contributed by atoms with van der Waals surface area (Å²) in [6.07, 6.45) is 0. The number of Topliss-reactive ketones (excluding diaryl/α,β-unsaturated/α-hetero) is 1. The van der Waals surface area contributed by atoms with E-state index in [1.54, 1.807) is 24.3 Å². The number of carbonyl (C=O) groups excluding carboxylic acids is 2. The Bertz CT molecular complexity index is 752. The van der Waals surface area contributed by atoms with Gasteiger partial charge in [0.05, 0.1) is 7.05 Å². The number of hydrogen-bond donors (Lipinski definition) is 2. The zero-order chi connectivity index (χ0) is 19.3. The largest absolute Gasteiger partial charge is 0.378 e. The standard InChI is InChI=1S/C21H27N3O2/c1-15(21(26)22-19-10-8-18(9-11-19)16(2)25)24(5)14-17-6-12-20(13-7-17)23(3)4/h6-13,15H,14H2,1-5H3,(H,22,26)/p+1/t15-/m1/s1. The van der Waals surface area contributed by atoms with Crippen LogP contribution in [0.3, 0.4) is 0 Å². The molecule has 0 bridgehead atoms. The molecule has 2 aromatic carbocycles. The zero-order valence-corrected chi connectivity index (χ0v) is 16.2. The molecule has 0 saturated carbocycles. The summed E-state index contributed by atoms with van der Waals surface area (Å²) >= 11 is 0. The Morgan fingerprint density at radius 3 is 2.12 bits per heavy atom. The quantitative estimate of drug-likeness (QED) is 0.748. The Labute approximate surface area is 155 Å². The highest BCUT2D eigenvalue weighted by molar-refractivity contribution is 5.96. The lowest BCUT2D eigenvalue weighted by molar-refractivity contribution is -0.907. The zero-order valence-electron chi connectivity index (χ0n) is 16.2. The number of anilines is 2. The van der Waals surface area contributed by atoms with E-state index in [2.05, 4.69) is 34.5 Å². The number of ketones is 1. The van der Waals surface area contributed by atoms with E-state index in [1.807, 2.05) is 28.1 Å². The van der Waals surface area contributed by atoms with Crippen LogP contribution in [0.5, 0.6) is 0 Å². The maximum atomic E-state index is 12.5. The minimum atomic E-state index is -0.198. The Hall–Kier alpha value is -2.66. The van der Waals surface area contributed by atoms with Gasteiger partial charge in [0.1, 0.15) is 6.54 Å². The van der Waals surface area contributed by atoms with Gasteiger partial charge in [0.2, 0.25) is 0 Å². The lowest BCUT2D eigenvalue weighted by atomic mass is 10.1. The molecule has 0 spiro atoms. The number of amides is 1. The first-order valence-corrected chi connectivity index (χ1v) is 8.78. The van der Waals surface area contributed by atoms with Crippen LogP contribution >= 0.6 is 0 Å². The summed E-state index contributed by atoms with van der Waals surface area (Å²) in [5.41, 5.74) is 3.69. The molecule has 0 aliphatic carbocycles. The number of nitrogens with zero attached hydrogens (tertiary/aromatic N) is 1. The molecule has 0 fully saturated rings. The van der Waals surface area contributed by atoms with Crippen molar-refractivity contribution in [3.63, 3.8) is 0 Å². The van der Waals surface area contributed by atoms with Crippen LogP contribution in [0.25, 0.3) is 0 Å². The maximum Gasteiger partial charge on any atom is 0.282 e. The fraction of sp³-hybridized carbons (Fsp3) is 0.333. The minimum absolute atomic E-state index is 0.0145. The van der Waals surface area contributed by atoms with Crippen molar-refractivity contribution < 1.29 is 14.5 Å². The predicted molar refractivity (Wildman–Crippen MR) is 106 cm³/mol. The van der Waals surface area contributed by atoms with Gasteiger partial charge >= 0.3 is 0 Å². The van der Waals surface area contributed by atoms with Gasteiger partial charge in [-0.1, -0.05) is 12.1 Å². The molecule has 138 valence electrons. The highest BCUT2D eigenvalue weighted by Gasteiger charge is 2.22. The summed E-state index contributed by atoms with van der Waals surface area (Å²) < 4.78 is 0. The van der Waals surface area contributed by atoms with Gasteiger partial charge in [-0.15, -0.1) is 0 Å². The summed E-state index contributed by atoms with van der Waals surface area (Å²) in [4.78, 5) is 27.0. The van der Waals surface area contributed by atoms with Crippen LogP contribution in [0, 0.1) is 0 Å². The van der Waals surface area contributed by atoms with Crippen LogP contribution < -0.4 is 15.1 Å². The number of hydrogen-bond acceptors (Lipinski definition) is 3. The lowest BCUT2D eigenvalue weighted by Gasteiger charge is -2.21. The molecule has 1 unspecified atom stereocenters. The molecule has 0 aliphatic heterocycles. The first-order chi connectivity index (χ1) is 12.3. The van der Waals surface area contributed by atoms with Crippen molar-refractivity contribution in [3.8, 4) is 0 Å². The molecular weight excluding hydrogens is 326 g/mol. The Kier molecular flexibility index (Phi) is 6.52. The first kappa shape index (κ1) is 19.7. The van der Waals surface area contributed by atoms with Crippen LogP contribution in [-0.4, -0.2) is 38.9 Å². The lowest BCUT2D eigenvalue weighted by Crippen LogP contribution is -3.12. The molecule has 2 rings (SSSR count). The van der Waals surface area contributed by atoms with Gasteiger partial charge in [-0.2, -0.15) is 0 Å². The molecule has 2 atom stereocenters. The van der Waals surface area contributed by atoms with E-state index in [1.165, 1.54) is 12.5 Å². The second kappa shape index (κ2) is 8.63. The van der Waals surface area contributed by atoms with Crippen molar-refractivity contribution in [2.24, 2.45) is 0 Å². The van der Waals surface area contributed by atoms with E-state index in [0.29, 0.717) is 11.3 Å². The summed E-state index contributed by atoms with van der Waals surface area (Å²) in [5, 5.41) is 2.92. The monoisotopic (exact) mass is 354 g/mol. The molecule has 1 amide bonds. The normalized spacial score (nSPS) is 13.0. The molecule has 5 heteroatoms. The number of benzene rings is 2. The number of nitrogens with one attached hydrogen (secondary N) is 2. The van der Waals surface area contributed by atoms with Gasteiger partial charge in [-0.05, 0) is 50.2 Å². The van der Waals surface area contributed by atoms with Gasteiger partial charge in [0.15, 0.2) is 11.8 Å². The Morgan fingerprint density at radius 1 is 1.04 bits per heavy atom. The predicted octanol–water partition coefficient (Wildman–Crippen LogP) is 2.00. The smallest absolute Gasteiger partial charge is 0.282 e. The highest BCUT2D eigenvalue weighted by atomic mass is 16.2. The summed E-state index contributed by atoms with van der Waals surface area (Å²) in [5.74, 6) is -0.0244.